The molecule has 0 heterocycles. The summed E-state index contributed by atoms with van der Waals surface area (Å²) in [6.45, 7) is -0.630. The van der Waals surface area contributed by atoms with Crippen molar-refractivity contribution in [2.24, 2.45) is 5.73 Å². The van der Waals surface area contributed by atoms with Gasteiger partial charge in [-0.25, -0.2) is 4.39 Å². The Bertz CT molecular complexity index is 423. The quantitative estimate of drug-likeness (QED) is 0.305. The Morgan fingerprint density at radius 1 is 1.23 bits per heavy atom. The maximum absolute atomic E-state index is 12.2. The Kier molecular flexibility index (Phi) is 9.87. The summed E-state index contributed by atoms with van der Waals surface area (Å²) in [6, 6.07) is -3.10. The van der Waals surface area contributed by atoms with Crippen LogP contribution >= 0.6 is 11.8 Å². The average molecular weight is 339 g/mol. The largest absolute Gasteiger partial charge is 0.480 e. The highest BCUT2D eigenvalue weighted by Gasteiger charge is 2.22. The number of rotatable bonds is 11. The van der Waals surface area contributed by atoms with E-state index in [1.165, 1.54) is 0 Å². The lowest BCUT2D eigenvalue weighted by Crippen LogP contribution is -2.49. The summed E-state index contributed by atoms with van der Waals surface area (Å²) in [7, 11) is 0. The fourth-order valence-electron chi connectivity index (χ4n) is 1.31. The van der Waals surface area contributed by atoms with Gasteiger partial charge in [-0.1, -0.05) is 0 Å². The maximum Gasteiger partial charge on any atom is 0.322 e. The molecule has 11 heteroatoms. The van der Waals surface area contributed by atoms with Gasteiger partial charge in [0.25, 0.3) is 0 Å². The summed E-state index contributed by atoms with van der Waals surface area (Å²) in [5.41, 5.74) is 5.24. The van der Waals surface area contributed by atoms with Gasteiger partial charge in [-0.3, -0.25) is 19.2 Å². The van der Waals surface area contributed by atoms with Crippen molar-refractivity contribution in [3.05, 3.63) is 0 Å². The highest BCUT2D eigenvalue weighted by Crippen LogP contribution is 2.04. The molecule has 0 spiro atoms. The van der Waals surface area contributed by atoms with Crippen LogP contribution < -0.4 is 16.4 Å². The first kappa shape index (κ1) is 20.1. The molecular formula is C11H18FN3O6S. The molecule has 0 radical (unpaired) electrons. The van der Waals surface area contributed by atoms with E-state index in [9.17, 15) is 23.6 Å². The van der Waals surface area contributed by atoms with Crippen LogP contribution in [0.15, 0.2) is 0 Å². The third kappa shape index (κ3) is 9.13. The van der Waals surface area contributed by atoms with Crippen molar-refractivity contribution in [2.75, 3.05) is 18.3 Å². The van der Waals surface area contributed by atoms with Crippen molar-refractivity contribution in [3.63, 3.8) is 0 Å². The molecule has 0 saturated carbocycles. The standard InChI is InChI=1S/C11H18FN3O6S/c12-5-22-4-7(10(19)14-3-9(17)18)15-8(16)2-1-6(13)11(20)21/h6-7H,1-5,13H2,(H,14,19)(H,15,16)(H,17,18)(H,20,21)/t6-,7-/m0/s1. The lowest BCUT2D eigenvalue weighted by Gasteiger charge is -2.17. The molecule has 0 unspecified atom stereocenters. The SMILES string of the molecule is N[C@@H](CCC(=O)N[C@@H](CSCF)C(=O)NCC(=O)O)C(=O)O. The molecule has 0 aromatic heterocycles. The molecule has 0 bridgehead atoms. The number of hydrogen-bond donors (Lipinski definition) is 5. The highest BCUT2D eigenvalue weighted by molar-refractivity contribution is 7.99. The average Bonchev–Trinajstić information content (AvgIpc) is 2.46. The summed E-state index contributed by atoms with van der Waals surface area (Å²) in [5.74, 6) is -4.00. The third-order valence-electron chi connectivity index (χ3n) is 2.43. The number of halogens is 1. The number of carbonyl (C=O) groups excluding carboxylic acids is 2. The molecule has 0 aliphatic heterocycles. The second-order valence-corrected chi connectivity index (χ2v) is 5.15. The van der Waals surface area contributed by atoms with Gasteiger partial charge in [-0.15, -0.1) is 11.8 Å². The van der Waals surface area contributed by atoms with Gasteiger partial charge in [-0.2, -0.15) is 0 Å². The van der Waals surface area contributed by atoms with Crippen molar-refractivity contribution >= 4 is 35.5 Å². The van der Waals surface area contributed by atoms with E-state index in [1.807, 2.05) is 0 Å². The van der Waals surface area contributed by atoms with Gasteiger partial charge in [0.1, 0.15) is 24.6 Å². The molecule has 22 heavy (non-hydrogen) atoms. The van der Waals surface area contributed by atoms with Crippen LogP contribution in [0.4, 0.5) is 4.39 Å². The molecule has 9 nitrogen and oxygen atoms in total. The van der Waals surface area contributed by atoms with Crippen LogP contribution in [0.5, 0.6) is 0 Å². The topological polar surface area (TPSA) is 159 Å². The molecule has 2 amide bonds. The van der Waals surface area contributed by atoms with E-state index in [1.54, 1.807) is 0 Å². The molecule has 0 saturated heterocycles. The third-order valence-corrected chi connectivity index (χ3v) is 3.15. The first-order valence-corrected chi connectivity index (χ1v) is 7.34. The Hall–Kier alpha value is -1.88. The Morgan fingerprint density at radius 2 is 1.86 bits per heavy atom. The molecule has 2 atom stereocenters. The minimum absolute atomic E-state index is 0.0846. The van der Waals surface area contributed by atoms with Gasteiger partial charge in [-0.05, 0) is 6.42 Å². The second-order valence-electron chi connectivity index (χ2n) is 4.19. The number of alkyl halides is 1. The highest BCUT2D eigenvalue weighted by atomic mass is 32.2. The number of nitrogens with one attached hydrogen (secondary N) is 2. The summed E-state index contributed by atoms with van der Waals surface area (Å²) >= 11 is 0.742. The van der Waals surface area contributed by atoms with E-state index in [4.69, 9.17) is 15.9 Å². The minimum Gasteiger partial charge on any atom is -0.480 e. The molecule has 0 aliphatic rings. The molecule has 0 aromatic carbocycles. The summed E-state index contributed by atoms with van der Waals surface area (Å²) in [6.07, 6.45) is -0.350. The van der Waals surface area contributed by atoms with Crippen LogP contribution in [0, 0.1) is 0 Å². The number of carboxylic acids is 2. The predicted molar refractivity (Wildman–Crippen MR) is 75.9 cm³/mol. The zero-order chi connectivity index (χ0) is 17.1. The van der Waals surface area contributed by atoms with E-state index in [0.717, 1.165) is 11.8 Å². The van der Waals surface area contributed by atoms with Gasteiger partial charge in [0.15, 0.2) is 0 Å². The van der Waals surface area contributed by atoms with Crippen LogP contribution in [0.1, 0.15) is 12.8 Å². The van der Waals surface area contributed by atoms with Crippen LogP contribution in [-0.4, -0.2) is 64.4 Å². The van der Waals surface area contributed by atoms with Gasteiger partial charge >= 0.3 is 11.9 Å². The maximum atomic E-state index is 12.2. The first-order valence-electron chi connectivity index (χ1n) is 6.18. The van der Waals surface area contributed by atoms with Gasteiger partial charge in [0.2, 0.25) is 11.8 Å². The van der Waals surface area contributed by atoms with E-state index in [0.29, 0.717) is 0 Å². The van der Waals surface area contributed by atoms with Crippen molar-refractivity contribution in [3.8, 4) is 0 Å². The van der Waals surface area contributed by atoms with E-state index in [-0.39, 0.29) is 18.6 Å². The zero-order valence-corrected chi connectivity index (χ0v) is 12.4. The first-order chi connectivity index (χ1) is 10.3. The van der Waals surface area contributed by atoms with Crippen molar-refractivity contribution in [1.82, 2.24) is 10.6 Å². The monoisotopic (exact) mass is 339 g/mol. The number of carboxylic acid groups (broad SMARTS) is 2. The fourth-order valence-corrected chi connectivity index (χ4v) is 1.87. The Labute approximate surface area is 129 Å². The molecule has 0 aliphatic carbocycles. The normalized spacial score (nSPS) is 13.0. The molecule has 0 rings (SSSR count). The van der Waals surface area contributed by atoms with Crippen molar-refractivity contribution in [2.45, 2.75) is 24.9 Å². The molecule has 0 fully saturated rings. The van der Waals surface area contributed by atoms with Crippen LogP contribution in [-0.2, 0) is 19.2 Å². The lowest BCUT2D eigenvalue weighted by molar-refractivity contribution is -0.139. The van der Waals surface area contributed by atoms with Crippen LogP contribution in [0.2, 0.25) is 0 Å². The van der Waals surface area contributed by atoms with Gasteiger partial charge < -0.3 is 26.6 Å². The Balaban J connectivity index is 4.43. The van der Waals surface area contributed by atoms with Gasteiger partial charge in [0, 0.05) is 12.2 Å². The van der Waals surface area contributed by atoms with E-state index >= 15 is 0 Å². The van der Waals surface area contributed by atoms with Crippen LogP contribution in [0.25, 0.3) is 0 Å². The molecule has 0 aromatic rings. The number of nitrogens with two attached hydrogens (primary N) is 1. The number of thioether (sulfide) groups is 1. The number of amides is 2. The molecule has 6 N–H and O–H groups in total. The van der Waals surface area contributed by atoms with Crippen molar-refractivity contribution in [1.29, 1.82) is 0 Å². The summed E-state index contributed by atoms with van der Waals surface area (Å²) < 4.78 is 12.2. The number of aliphatic carboxylic acids is 2. The summed E-state index contributed by atoms with van der Waals surface area (Å²) in [5, 5.41) is 21.4. The Morgan fingerprint density at radius 3 is 2.36 bits per heavy atom. The van der Waals surface area contributed by atoms with E-state index < -0.39 is 48.4 Å². The van der Waals surface area contributed by atoms with E-state index in [2.05, 4.69) is 10.6 Å². The molecule has 126 valence electrons. The smallest absolute Gasteiger partial charge is 0.322 e. The minimum atomic E-state index is -1.26. The summed E-state index contributed by atoms with van der Waals surface area (Å²) in [4.78, 5) is 44.2. The zero-order valence-electron chi connectivity index (χ0n) is 11.6. The lowest BCUT2D eigenvalue weighted by atomic mass is 10.1. The molecular weight excluding hydrogens is 321 g/mol. The second kappa shape index (κ2) is 10.8. The number of hydrogen-bond acceptors (Lipinski definition) is 6. The fraction of sp³-hybridized carbons (Fsp3) is 0.636. The number of carbonyl (C=O) groups is 4. The van der Waals surface area contributed by atoms with Crippen LogP contribution in [0.3, 0.4) is 0 Å². The van der Waals surface area contributed by atoms with Gasteiger partial charge in [0.05, 0.1) is 0 Å². The van der Waals surface area contributed by atoms with Crippen molar-refractivity contribution < 1.29 is 33.8 Å². The predicted octanol–water partition coefficient (Wildman–Crippen LogP) is -1.48.